The molecule has 0 atom stereocenters. The zero-order valence-corrected chi connectivity index (χ0v) is 15.9. The average molecular weight is 380 g/mol. The van der Waals surface area contributed by atoms with Crippen LogP contribution in [-0.4, -0.2) is 45.6 Å². The standard InChI is InChI=1S/C17H20N2O4S2/c1-19(2)25(21,22)16-10-4-13(5-11-16)18-17(20)12-24-15-8-6-14(23-3)7-9-15/h4-11H,12H2,1-3H3,(H,18,20). The zero-order chi connectivity index (χ0) is 18.4. The van der Waals surface area contributed by atoms with Crippen molar-refractivity contribution >= 4 is 33.4 Å². The van der Waals surface area contributed by atoms with Crippen molar-refractivity contribution in [3.05, 3.63) is 48.5 Å². The Morgan fingerprint density at radius 1 is 1.08 bits per heavy atom. The van der Waals surface area contributed by atoms with Gasteiger partial charge in [-0.3, -0.25) is 4.79 Å². The first-order valence-corrected chi connectivity index (χ1v) is 9.85. The van der Waals surface area contributed by atoms with Crippen molar-refractivity contribution < 1.29 is 17.9 Å². The lowest BCUT2D eigenvalue weighted by atomic mass is 10.3. The maximum Gasteiger partial charge on any atom is 0.242 e. The third-order valence-electron chi connectivity index (χ3n) is 3.35. The smallest absolute Gasteiger partial charge is 0.242 e. The number of ether oxygens (including phenoxy) is 1. The van der Waals surface area contributed by atoms with Crippen LogP contribution in [0.5, 0.6) is 5.75 Å². The summed E-state index contributed by atoms with van der Waals surface area (Å²) in [5.74, 6) is 0.856. The van der Waals surface area contributed by atoms with E-state index in [1.807, 2.05) is 24.3 Å². The van der Waals surface area contributed by atoms with Gasteiger partial charge in [0.25, 0.3) is 0 Å². The van der Waals surface area contributed by atoms with Crippen molar-refractivity contribution in [3.8, 4) is 5.75 Å². The third-order valence-corrected chi connectivity index (χ3v) is 6.19. The first kappa shape index (κ1) is 19.3. The first-order chi connectivity index (χ1) is 11.8. The van der Waals surface area contributed by atoms with Crippen LogP contribution in [0.1, 0.15) is 0 Å². The summed E-state index contributed by atoms with van der Waals surface area (Å²) in [6.07, 6.45) is 0. The molecule has 0 aliphatic carbocycles. The Morgan fingerprint density at radius 2 is 1.68 bits per heavy atom. The molecule has 0 radical (unpaired) electrons. The molecule has 2 aromatic rings. The van der Waals surface area contributed by atoms with Gasteiger partial charge in [-0.05, 0) is 48.5 Å². The van der Waals surface area contributed by atoms with Crippen LogP contribution in [0.4, 0.5) is 5.69 Å². The highest BCUT2D eigenvalue weighted by atomic mass is 32.2. The van der Waals surface area contributed by atoms with Crippen LogP contribution in [0.15, 0.2) is 58.3 Å². The number of methoxy groups -OCH3 is 1. The van der Waals surface area contributed by atoms with Gasteiger partial charge in [0, 0.05) is 24.7 Å². The van der Waals surface area contributed by atoms with E-state index in [0.29, 0.717) is 5.69 Å². The van der Waals surface area contributed by atoms with Crippen LogP contribution in [-0.2, 0) is 14.8 Å². The Morgan fingerprint density at radius 3 is 2.20 bits per heavy atom. The lowest BCUT2D eigenvalue weighted by molar-refractivity contribution is -0.113. The number of thioether (sulfide) groups is 1. The maximum atomic E-state index is 12.0. The largest absolute Gasteiger partial charge is 0.497 e. The van der Waals surface area contributed by atoms with Crippen LogP contribution in [0.3, 0.4) is 0 Å². The van der Waals surface area contributed by atoms with Gasteiger partial charge in [0.1, 0.15) is 5.75 Å². The summed E-state index contributed by atoms with van der Waals surface area (Å²) < 4.78 is 30.2. The van der Waals surface area contributed by atoms with Crippen LogP contribution >= 0.6 is 11.8 Å². The summed E-state index contributed by atoms with van der Waals surface area (Å²) in [4.78, 5) is 13.2. The Labute approximate surface area is 152 Å². The highest BCUT2D eigenvalue weighted by molar-refractivity contribution is 8.00. The third kappa shape index (κ3) is 5.22. The van der Waals surface area contributed by atoms with E-state index in [4.69, 9.17) is 4.74 Å². The monoisotopic (exact) mass is 380 g/mol. The van der Waals surface area contributed by atoms with E-state index in [1.165, 1.54) is 38.0 Å². The molecule has 0 saturated carbocycles. The SMILES string of the molecule is COc1ccc(SCC(=O)Nc2ccc(S(=O)(=O)N(C)C)cc2)cc1. The minimum Gasteiger partial charge on any atom is -0.497 e. The van der Waals surface area contributed by atoms with Gasteiger partial charge in [-0.1, -0.05) is 0 Å². The molecule has 134 valence electrons. The number of rotatable bonds is 7. The van der Waals surface area contributed by atoms with Gasteiger partial charge in [0.05, 0.1) is 17.8 Å². The summed E-state index contributed by atoms with van der Waals surface area (Å²) in [6.45, 7) is 0. The molecule has 0 aromatic heterocycles. The molecule has 6 nitrogen and oxygen atoms in total. The second-order valence-corrected chi connectivity index (χ2v) is 8.52. The highest BCUT2D eigenvalue weighted by Crippen LogP contribution is 2.22. The summed E-state index contributed by atoms with van der Waals surface area (Å²) in [6, 6.07) is 13.5. The maximum absolute atomic E-state index is 12.0. The summed E-state index contributed by atoms with van der Waals surface area (Å²) in [7, 11) is 1.08. The highest BCUT2D eigenvalue weighted by Gasteiger charge is 2.16. The van der Waals surface area contributed by atoms with Crippen LogP contribution in [0.2, 0.25) is 0 Å². The van der Waals surface area contributed by atoms with Crippen molar-refractivity contribution in [2.45, 2.75) is 9.79 Å². The van der Waals surface area contributed by atoms with E-state index in [2.05, 4.69) is 5.32 Å². The molecule has 0 aliphatic rings. The molecule has 1 N–H and O–H groups in total. The number of hydrogen-bond donors (Lipinski definition) is 1. The van der Waals surface area contributed by atoms with Gasteiger partial charge in [-0.25, -0.2) is 12.7 Å². The van der Waals surface area contributed by atoms with Crippen molar-refractivity contribution in [3.63, 3.8) is 0 Å². The number of nitrogens with zero attached hydrogens (tertiary/aromatic N) is 1. The molecule has 1 amide bonds. The first-order valence-electron chi connectivity index (χ1n) is 7.42. The number of amides is 1. The molecule has 25 heavy (non-hydrogen) atoms. The molecule has 0 aliphatic heterocycles. The topological polar surface area (TPSA) is 75.7 Å². The number of sulfonamides is 1. The van der Waals surface area contributed by atoms with Crippen LogP contribution in [0.25, 0.3) is 0 Å². The number of hydrogen-bond acceptors (Lipinski definition) is 5. The lowest BCUT2D eigenvalue weighted by Crippen LogP contribution is -2.22. The van der Waals surface area contributed by atoms with E-state index in [0.717, 1.165) is 15.0 Å². The Bertz CT molecular complexity index is 817. The zero-order valence-electron chi connectivity index (χ0n) is 14.2. The number of carbonyl (C=O) groups excluding carboxylic acids is 1. The van der Waals surface area contributed by atoms with Gasteiger partial charge in [0.2, 0.25) is 15.9 Å². The Kier molecular flexibility index (Phi) is 6.46. The summed E-state index contributed by atoms with van der Waals surface area (Å²) in [5.41, 5.74) is 0.554. The van der Waals surface area contributed by atoms with Crippen molar-refractivity contribution in [2.75, 3.05) is 32.3 Å². The predicted molar refractivity (Wildman–Crippen MR) is 99.7 cm³/mol. The number of benzene rings is 2. The quantitative estimate of drug-likeness (QED) is 0.748. The van der Waals surface area contributed by atoms with Gasteiger partial charge >= 0.3 is 0 Å². The van der Waals surface area contributed by atoms with Crippen molar-refractivity contribution in [1.29, 1.82) is 0 Å². The molecule has 2 rings (SSSR count). The Hall–Kier alpha value is -2.03. The van der Waals surface area contributed by atoms with Crippen LogP contribution in [0, 0.1) is 0 Å². The molecular formula is C17H20N2O4S2. The van der Waals surface area contributed by atoms with E-state index in [1.54, 1.807) is 19.2 Å². The fourth-order valence-corrected chi connectivity index (χ4v) is 3.54. The molecule has 8 heteroatoms. The average Bonchev–Trinajstić information content (AvgIpc) is 2.60. The molecule has 0 bridgehead atoms. The van der Waals surface area contributed by atoms with Crippen molar-refractivity contribution in [2.24, 2.45) is 0 Å². The van der Waals surface area contributed by atoms with Gasteiger partial charge in [0.15, 0.2) is 0 Å². The predicted octanol–water partition coefficient (Wildman–Crippen LogP) is 2.68. The molecular weight excluding hydrogens is 360 g/mol. The molecule has 0 saturated heterocycles. The molecule has 2 aromatic carbocycles. The van der Waals surface area contributed by atoms with E-state index in [9.17, 15) is 13.2 Å². The number of anilines is 1. The van der Waals surface area contributed by atoms with E-state index >= 15 is 0 Å². The van der Waals surface area contributed by atoms with Crippen LogP contribution < -0.4 is 10.1 Å². The van der Waals surface area contributed by atoms with Gasteiger partial charge in [-0.2, -0.15) is 0 Å². The molecule has 0 fully saturated rings. The van der Waals surface area contributed by atoms with Crippen molar-refractivity contribution in [1.82, 2.24) is 4.31 Å². The fourth-order valence-electron chi connectivity index (χ4n) is 1.94. The summed E-state index contributed by atoms with van der Waals surface area (Å²) >= 11 is 1.41. The normalized spacial score (nSPS) is 11.4. The molecule has 0 spiro atoms. The molecule has 0 unspecified atom stereocenters. The minimum atomic E-state index is -3.47. The minimum absolute atomic E-state index is 0.163. The van der Waals surface area contributed by atoms with Gasteiger partial charge < -0.3 is 10.1 Å². The fraction of sp³-hybridized carbons (Fsp3) is 0.235. The summed E-state index contributed by atoms with van der Waals surface area (Å²) in [5, 5.41) is 2.75. The van der Waals surface area contributed by atoms with E-state index in [-0.39, 0.29) is 16.6 Å². The Balaban J connectivity index is 1.92. The van der Waals surface area contributed by atoms with E-state index < -0.39 is 10.0 Å². The molecule has 0 heterocycles. The van der Waals surface area contributed by atoms with Gasteiger partial charge in [-0.15, -0.1) is 11.8 Å². The second kappa shape index (κ2) is 8.37. The second-order valence-electron chi connectivity index (χ2n) is 5.32. The number of nitrogens with one attached hydrogen (secondary N) is 1. The lowest BCUT2D eigenvalue weighted by Gasteiger charge is -2.12. The number of carbonyl (C=O) groups is 1.